The summed E-state index contributed by atoms with van der Waals surface area (Å²) in [5.74, 6) is 0.835. The first-order valence-corrected chi connectivity index (χ1v) is 12.4. The van der Waals surface area contributed by atoms with Gasteiger partial charge in [-0.3, -0.25) is 9.36 Å². The molecule has 0 aliphatic heterocycles. The maximum atomic E-state index is 12.6. The third-order valence-corrected chi connectivity index (χ3v) is 7.92. The minimum Gasteiger partial charge on any atom is -0.316 e. The molecule has 0 bridgehead atoms. The number of nitriles is 1. The zero-order valence-corrected chi connectivity index (χ0v) is 19.1. The van der Waals surface area contributed by atoms with E-state index in [2.05, 4.69) is 46.5 Å². The molecule has 4 rings (SSSR count). The molecule has 6 nitrogen and oxygen atoms in total. The largest absolute Gasteiger partial charge is 0.316 e. The molecule has 3 aromatic heterocycles. The SMILES string of the molecule is C=CCn1c(SCC(=O)Nc2sc3c(c2C#N)CCCC3)nnc1-c1csc(C)c1. The molecule has 3 heterocycles. The number of thiophene rings is 2. The summed E-state index contributed by atoms with van der Waals surface area (Å²) >= 11 is 4.55. The second kappa shape index (κ2) is 9.16. The summed E-state index contributed by atoms with van der Waals surface area (Å²) in [6, 6.07) is 4.37. The number of carbonyl (C=O) groups excluding carboxylic acids is 1. The van der Waals surface area contributed by atoms with Gasteiger partial charge in [0.15, 0.2) is 11.0 Å². The van der Waals surface area contributed by atoms with E-state index in [1.54, 1.807) is 28.7 Å². The lowest BCUT2D eigenvalue weighted by atomic mass is 9.96. The maximum absolute atomic E-state index is 12.6. The van der Waals surface area contributed by atoms with E-state index in [4.69, 9.17) is 0 Å². The van der Waals surface area contributed by atoms with E-state index in [1.807, 2.05) is 4.57 Å². The van der Waals surface area contributed by atoms with Crippen LogP contribution in [0.3, 0.4) is 0 Å². The van der Waals surface area contributed by atoms with E-state index in [-0.39, 0.29) is 11.7 Å². The highest BCUT2D eigenvalue weighted by atomic mass is 32.2. The Bertz CT molecular complexity index is 1130. The fraction of sp³-hybridized carbons (Fsp3) is 0.333. The number of aromatic nitrogens is 3. The second-order valence-corrected chi connectivity index (χ2v) is 10.2. The molecule has 0 saturated heterocycles. The van der Waals surface area contributed by atoms with Crippen LogP contribution in [-0.4, -0.2) is 26.4 Å². The van der Waals surface area contributed by atoms with Crippen LogP contribution in [0.25, 0.3) is 11.4 Å². The zero-order chi connectivity index (χ0) is 21.1. The molecule has 3 aromatic rings. The lowest BCUT2D eigenvalue weighted by molar-refractivity contribution is -0.113. The van der Waals surface area contributed by atoms with Gasteiger partial charge in [-0.1, -0.05) is 17.8 Å². The van der Waals surface area contributed by atoms with Crippen LogP contribution in [-0.2, 0) is 24.2 Å². The number of allylic oxidation sites excluding steroid dienone is 1. The summed E-state index contributed by atoms with van der Waals surface area (Å²) < 4.78 is 1.97. The van der Waals surface area contributed by atoms with Gasteiger partial charge >= 0.3 is 0 Å². The maximum Gasteiger partial charge on any atom is 0.235 e. The molecule has 154 valence electrons. The van der Waals surface area contributed by atoms with Crippen molar-refractivity contribution in [3.05, 3.63) is 45.0 Å². The molecule has 0 fully saturated rings. The first kappa shape index (κ1) is 20.8. The number of fused-ring (bicyclic) bond motifs is 1. The lowest BCUT2D eigenvalue weighted by Crippen LogP contribution is -2.14. The first-order valence-electron chi connectivity index (χ1n) is 9.67. The van der Waals surface area contributed by atoms with Gasteiger partial charge in [-0.15, -0.1) is 39.4 Å². The Morgan fingerprint density at radius 1 is 1.43 bits per heavy atom. The van der Waals surface area contributed by atoms with Crippen LogP contribution < -0.4 is 5.32 Å². The number of nitrogens with one attached hydrogen (secondary N) is 1. The van der Waals surface area contributed by atoms with Crippen molar-refractivity contribution in [1.29, 1.82) is 5.26 Å². The summed E-state index contributed by atoms with van der Waals surface area (Å²) in [4.78, 5) is 15.1. The third-order valence-electron chi connectivity index (χ3n) is 4.89. The van der Waals surface area contributed by atoms with Crippen molar-refractivity contribution in [2.45, 2.75) is 44.3 Å². The predicted octanol–water partition coefficient (Wildman–Crippen LogP) is 5.04. The standard InChI is InChI=1S/C21H21N5OS3/c1-3-8-26-19(14-9-13(2)28-11-14)24-25-21(26)29-12-18(27)23-20-16(10-22)15-6-4-5-7-17(15)30-20/h3,9,11H,1,4-8,12H2,2H3,(H,23,27). The molecule has 1 N–H and O–H groups in total. The Balaban J connectivity index is 1.47. The summed E-state index contributed by atoms with van der Waals surface area (Å²) in [5, 5.41) is 24.5. The van der Waals surface area contributed by atoms with Crippen molar-refractivity contribution in [3.63, 3.8) is 0 Å². The van der Waals surface area contributed by atoms with Gasteiger partial charge in [0.1, 0.15) is 11.1 Å². The van der Waals surface area contributed by atoms with Crippen molar-refractivity contribution < 1.29 is 4.79 Å². The molecular formula is C21H21N5OS3. The van der Waals surface area contributed by atoms with Gasteiger partial charge < -0.3 is 5.32 Å². The Hall–Kier alpha value is -2.41. The summed E-state index contributed by atoms with van der Waals surface area (Å²) in [6.07, 6.45) is 5.97. The number of carbonyl (C=O) groups is 1. The van der Waals surface area contributed by atoms with Crippen molar-refractivity contribution in [2.24, 2.45) is 0 Å². The molecule has 1 aliphatic carbocycles. The number of hydrogen-bond donors (Lipinski definition) is 1. The smallest absolute Gasteiger partial charge is 0.235 e. The topological polar surface area (TPSA) is 83.6 Å². The normalized spacial score (nSPS) is 12.9. The molecule has 0 radical (unpaired) electrons. The number of thioether (sulfide) groups is 1. The van der Waals surface area contributed by atoms with Crippen LogP contribution in [0.4, 0.5) is 5.00 Å². The molecule has 0 aromatic carbocycles. The van der Waals surface area contributed by atoms with E-state index in [9.17, 15) is 10.1 Å². The quantitative estimate of drug-likeness (QED) is 0.398. The lowest BCUT2D eigenvalue weighted by Gasteiger charge is -2.09. The Morgan fingerprint density at radius 3 is 3.00 bits per heavy atom. The molecule has 9 heteroatoms. The van der Waals surface area contributed by atoms with E-state index in [1.165, 1.54) is 21.5 Å². The highest BCUT2D eigenvalue weighted by Gasteiger charge is 2.22. The second-order valence-electron chi connectivity index (χ2n) is 7.02. The number of hydrogen-bond acceptors (Lipinski definition) is 7. The Morgan fingerprint density at radius 2 is 2.27 bits per heavy atom. The monoisotopic (exact) mass is 455 g/mol. The van der Waals surface area contributed by atoms with Gasteiger partial charge in [0.05, 0.1) is 11.3 Å². The summed E-state index contributed by atoms with van der Waals surface area (Å²) in [7, 11) is 0. The van der Waals surface area contributed by atoms with Crippen molar-refractivity contribution in [3.8, 4) is 17.5 Å². The molecule has 0 unspecified atom stereocenters. The van der Waals surface area contributed by atoms with Gasteiger partial charge in [-0.2, -0.15) is 5.26 Å². The number of amides is 1. The molecule has 30 heavy (non-hydrogen) atoms. The van der Waals surface area contributed by atoms with Crippen LogP contribution >= 0.6 is 34.4 Å². The molecule has 0 atom stereocenters. The van der Waals surface area contributed by atoms with Crippen molar-refractivity contribution in [2.75, 3.05) is 11.1 Å². The third kappa shape index (κ3) is 4.21. The number of anilines is 1. The number of nitrogens with zero attached hydrogens (tertiary/aromatic N) is 4. The van der Waals surface area contributed by atoms with E-state index in [0.29, 0.717) is 22.3 Å². The van der Waals surface area contributed by atoms with Crippen molar-refractivity contribution in [1.82, 2.24) is 14.8 Å². The van der Waals surface area contributed by atoms with Crippen LogP contribution in [0, 0.1) is 18.3 Å². The van der Waals surface area contributed by atoms with Gasteiger partial charge in [-0.05, 0) is 44.2 Å². The van der Waals surface area contributed by atoms with Gasteiger partial charge in [0.2, 0.25) is 5.91 Å². The molecular weight excluding hydrogens is 434 g/mol. The van der Waals surface area contributed by atoms with Crippen LogP contribution in [0.5, 0.6) is 0 Å². The van der Waals surface area contributed by atoms with Gasteiger partial charge in [0.25, 0.3) is 0 Å². The molecule has 0 saturated carbocycles. The Kier molecular flexibility index (Phi) is 6.37. The summed E-state index contributed by atoms with van der Waals surface area (Å²) in [6.45, 7) is 6.45. The highest BCUT2D eigenvalue weighted by Crippen LogP contribution is 2.37. The van der Waals surface area contributed by atoms with E-state index >= 15 is 0 Å². The summed E-state index contributed by atoms with van der Waals surface area (Å²) in [5.41, 5.74) is 2.78. The molecule has 1 aliphatic rings. The van der Waals surface area contributed by atoms with E-state index in [0.717, 1.165) is 42.6 Å². The molecule has 0 spiro atoms. The minimum absolute atomic E-state index is 0.142. The highest BCUT2D eigenvalue weighted by molar-refractivity contribution is 7.99. The van der Waals surface area contributed by atoms with Gasteiger partial charge in [0, 0.05) is 27.2 Å². The molecule has 1 amide bonds. The number of rotatable bonds is 7. The Labute approximate surface area is 187 Å². The predicted molar refractivity (Wildman–Crippen MR) is 123 cm³/mol. The van der Waals surface area contributed by atoms with Crippen molar-refractivity contribution >= 4 is 45.3 Å². The van der Waals surface area contributed by atoms with Gasteiger partial charge in [-0.25, -0.2) is 0 Å². The average Bonchev–Trinajstić information content (AvgIpc) is 3.43. The zero-order valence-electron chi connectivity index (χ0n) is 16.6. The van der Waals surface area contributed by atoms with Crippen LogP contribution in [0.2, 0.25) is 0 Å². The minimum atomic E-state index is -0.142. The first-order chi connectivity index (χ1) is 14.6. The van der Waals surface area contributed by atoms with E-state index < -0.39 is 0 Å². The fourth-order valence-electron chi connectivity index (χ4n) is 3.53. The average molecular weight is 456 g/mol. The van der Waals surface area contributed by atoms with Crippen LogP contribution in [0.15, 0.2) is 29.3 Å². The van der Waals surface area contributed by atoms with Crippen LogP contribution in [0.1, 0.15) is 33.7 Å². The fourth-order valence-corrected chi connectivity index (χ4v) is 6.21. The number of aryl methyl sites for hydroxylation is 2.